The van der Waals surface area contributed by atoms with E-state index < -0.39 is 0 Å². The molecule has 0 fully saturated rings. The SMILES string of the molecule is C=CCCCC(C=CC)=CC. The highest BCUT2D eigenvalue weighted by Gasteiger charge is 1.88. The quantitative estimate of drug-likeness (QED) is 0.317. The third kappa shape index (κ3) is 5.65. The highest BCUT2D eigenvalue weighted by atomic mass is 13.9. The minimum absolute atomic E-state index is 1.12. The molecule has 0 aromatic carbocycles. The van der Waals surface area contributed by atoms with Gasteiger partial charge < -0.3 is 0 Å². The molecule has 0 heteroatoms. The maximum atomic E-state index is 3.69. The molecule has 0 aliphatic carbocycles. The van der Waals surface area contributed by atoms with Crippen molar-refractivity contribution in [3.63, 3.8) is 0 Å². The van der Waals surface area contributed by atoms with E-state index in [9.17, 15) is 0 Å². The predicted molar refractivity (Wildman–Crippen MR) is 52.6 cm³/mol. The molecule has 62 valence electrons. The molecule has 0 bridgehead atoms. The van der Waals surface area contributed by atoms with Crippen LogP contribution >= 0.6 is 0 Å². The normalized spacial score (nSPS) is 12.4. The number of hydrogen-bond acceptors (Lipinski definition) is 0. The molecule has 0 heterocycles. The zero-order valence-corrected chi connectivity index (χ0v) is 7.64. The van der Waals surface area contributed by atoms with Crippen molar-refractivity contribution in [3.8, 4) is 0 Å². The lowest BCUT2D eigenvalue weighted by atomic mass is 10.1. The summed E-state index contributed by atoms with van der Waals surface area (Å²) in [6.07, 6.45) is 11.9. The van der Waals surface area contributed by atoms with Gasteiger partial charge >= 0.3 is 0 Å². The van der Waals surface area contributed by atoms with Gasteiger partial charge in [-0.1, -0.05) is 29.9 Å². The Morgan fingerprint density at radius 3 is 2.55 bits per heavy atom. The number of hydrogen-bond donors (Lipinski definition) is 0. The molecule has 0 unspecified atom stereocenters. The number of unbranched alkanes of at least 4 members (excludes halogenated alkanes) is 1. The standard InChI is InChI=1S/C11H18/c1-4-7-8-10-11(6-3)9-5-2/h4-6,9H,1,7-8,10H2,2-3H3. The molecule has 0 atom stereocenters. The van der Waals surface area contributed by atoms with E-state index in [1.54, 1.807) is 0 Å². The third-order valence-corrected chi connectivity index (χ3v) is 1.63. The fourth-order valence-corrected chi connectivity index (χ4v) is 0.988. The Morgan fingerprint density at radius 1 is 1.36 bits per heavy atom. The lowest BCUT2D eigenvalue weighted by molar-refractivity contribution is 0.846. The Hall–Kier alpha value is -0.780. The van der Waals surface area contributed by atoms with E-state index in [-0.39, 0.29) is 0 Å². The van der Waals surface area contributed by atoms with E-state index in [0.29, 0.717) is 0 Å². The van der Waals surface area contributed by atoms with Gasteiger partial charge in [0.25, 0.3) is 0 Å². The second kappa shape index (κ2) is 7.33. The van der Waals surface area contributed by atoms with E-state index in [2.05, 4.69) is 38.7 Å². The largest absolute Gasteiger partial charge is 0.103 e. The summed E-state index contributed by atoms with van der Waals surface area (Å²) < 4.78 is 0. The molecule has 0 aliphatic rings. The first kappa shape index (κ1) is 10.2. The van der Waals surface area contributed by atoms with Gasteiger partial charge in [-0.2, -0.15) is 0 Å². The zero-order valence-electron chi connectivity index (χ0n) is 7.64. The first-order valence-electron chi connectivity index (χ1n) is 4.24. The number of rotatable bonds is 5. The van der Waals surface area contributed by atoms with Crippen LogP contribution in [0.3, 0.4) is 0 Å². The maximum absolute atomic E-state index is 3.69. The summed E-state index contributed by atoms with van der Waals surface area (Å²) in [6.45, 7) is 7.83. The summed E-state index contributed by atoms with van der Waals surface area (Å²) in [5, 5.41) is 0. The van der Waals surface area contributed by atoms with Gasteiger partial charge in [-0.15, -0.1) is 6.58 Å². The summed E-state index contributed by atoms with van der Waals surface area (Å²) in [6, 6.07) is 0. The summed E-state index contributed by atoms with van der Waals surface area (Å²) >= 11 is 0. The van der Waals surface area contributed by atoms with Crippen molar-refractivity contribution in [2.45, 2.75) is 33.1 Å². The molecule has 0 radical (unpaired) electrons. The third-order valence-electron chi connectivity index (χ3n) is 1.63. The van der Waals surface area contributed by atoms with Crippen LogP contribution < -0.4 is 0 Å². The summed E-state index contributed by atoms with van der Waals surface area (Å²) in [4.78, 5) is 0. The van der Waals surface area contributed by atoms with Crippen LogP contribution in [-0.4, -0.2) is 0 Å². The second-order valence-electron chi connectivity index (χ2n) is 2.54. The van der Waals surface area contributed by atoms with Crippen LogP contribution in [0.5, 0.6) is 0 Å². The van der Waals surface area contributed by atoms with Gasteiger partial charge in [0.15, 0.2) is 0 Å². The lowest BCUT2D eigenvalue weighted by Gasteiger charge is -1.97. The number of allylic oxidation sites excluding steroid dienone is 5. The molecule has 0 rings (SSSR count). The smallest absolute Gasteiger partial charge is 0.0279 e. The van der Waals surface area contributed by atoms with Crippen molar-refractivity contribution in [1.82, 2.24) is 0 Å². The maximum Gasteiger partial charge on any atom is -0.0279 e. The van der Waals surface area contributed by atoms with Gasteiger partial charge in [0.05, 0.1) is 0 Å². The molecular weight excluding hydrogens is 132 g/mol. The molecule has 0 nitrogen and oxygen atoms in total. The molecule has 0 aliphatic heterocycles. The first-order chi connectivity index (χ1) is 5.35. The van der Waals surface area contributed by atoms with Crippen molar-refractivity contribution in [2.24, 2.45) is 0 Å². The van der Waals surface area contributed by atoms with Crippen LogP contribution in [0.15, 0.2) is 36.5 Å². The molecule has 0 N–H and O–H groups in total. The van der Waals surface area contributed by atoms with Crippen LogP contribution in [0.25, 0.3) is 0 Å². The Kier molecular flexibility index (Phi) is 6.81. The van der Waals surface area contributed by atoms with Crippen molar-refractivity contribution in [2.75, 3.05) is 0 Å². The Balaban J connectivity index is 3.62. The molecule has 0 aromatic rings. The topological polar surface area (TPSA) is 0 Å². The zero-order chi connectivity index (χ0) is 8.53. The van der Waals surface area contributed by atoms with Crippen molar-refractivity contribution in [3.05, 3.63) is 36.5 Å². The highest BCUT2D eigenvalue weighted by molar-refractivity contribution is 5.16. The Bertz CT molecular complexity index is 149. The van der Waals surface area contributed by atoms with E-state index in [1.807, 2.05) is 6.08 Å². The summed E-state index contributed by atoms with van der Waals surface area (Å²) in [5.41, 5.74) is 1.43. The highest BCUT2D eigenvalue weighted by Crippen LogP contribution is 2.08. The molecule has 0 aromatic heterocycles. The van der Waals surface area contributed by atoms with Gasteiger partial charge in [-0.25, -0.2) is 0 Å². The van der Waals surface area contributed by atoms with Crippen LogP contribution in [0.4, 0.5) is 0 Å². The van der Waals surface area contributed by atoms with Gasteiger partial charge in [-0.05, 0) is 33.1 Å². The first-order valence-corrected chi connectivity index (χ1v) is 4.24. The van der Waals surface area contributed by atoms with Gasteiger partial charge in [0.1, 0.15) is 0 Å². The lowest BCUT2D eigenvalue weighted by Crippen LogP contribution is -1.78. The van der Waals surface area contributed by atoms with E-state index >= 15 is 0 Å². The van der Waals surface area contributed by atoms with E-state index in [1.165, 1.54) is 18.4 Å². The van der Waals surface area contributed by atoms with Crippen LogP contribution in [0.2, 0.25) is 0 Å². The average molecular weight is 150 g/mol. The Morgan fingerprint density at radius 2 is 2.09 bits per heavy atom. The summed E-state index contributed by atoms with van der Waals surface area (Å²) in [7, 11) is 0. The molecule has 0 amide bonds. The Labute approximate surface area is 70.3 Å². The van der Waals surface area contributed by atoms with E-state index in [0.717, 1.165) is 6.42 Å². The fraction of sp³-hybridized carbons (Fsp3) is 0.455. The van der Waals surface area contributed by atoms with Crippen molar-refractivity contribution in [1.29, 1.82) is 0 Å². The minimum atomic E-state index is 1.12. The van der Waals surface area contributed by atoms with Crippen LogP contribution in [0.1, 0.15) is 33.1 Å². The fourth-order valence-electron chi connectivity index (χ4n) is 0.988. The van der Waals surface area contributed by atoms with E-state index in [4.69, 9.17) is 0 Å². The van der Waals surface area contributed by atoms with Gasteiger partial charge in [0, 0.05) is 0 Å². The minimum Gasteiger partial charge on any atom is -0.103 e. The second-order valence-corrected chi connectivity index (χ2v) is 2.54. The molecule has 0 saturated carbocycles. The summed E-state index contributed by atoms with van der Waals surface area (Å²) in [5.74, 6) is 0. The van der Waals surface area contributed by atoms with Gasteiger partial charge in [0.2, 0.25) is 0 Å². The van der Waals surface area contributed by atoms with Crippen molar-refractivity contribution < 1.29 is 0 Å². The van der Waals surface area contributed by atoms with Gasteiger partial charge in [-0.3, -0.25) is 0 Å². The van der Waals surface area contributed by atoms with Crippen LogP contribution in [0, 0.1) is 0 Å². The molecule has 0 saturated heterocycles. The van der Waals surface area contributed by atoms with Crippen molar-refractivity contribution >= 4 is 0 Å². The monoisotopic (exact) mass is 150 g/mol. The predicted octanol–water partition coefficient (Wildman–Crippen LogP) is 3.87. The molecular formula is C11H18. The van der Waals surface area contributed by atoms with Crippen LogP contribution in [-0.2, 0) is 0 Å². The molecule has 0 spiro atoms. The molecule has 11 heavy (non-hydrogen) atoms. The average Bonchev–Trinajstić information content (AvgIpc) is 2.03.